The number of rotatable bonds is 6. The first-order valence-electron chi connectivity index (χ1n) is 9.21. The smallest absolute Gasteiger partial charge is 0.373 e. The van der Waals surface area contributed by atoms with Crippen LogP contribution in [0.25, 0.3) is 22.2 Å². The van der Waals surface area contributed by atoms with Crippen LogP contribution in [-0.2, 0) is 12.7 Å². The van der Waals surface area contributed by atoms with Gasteiger partial charge in [0, 0.05) is 26.0 Å². The van der Waals surface area contributed by atoms with Crippen molar-refractivity contribution in [3.63, 3.8) is 0 Å². The maximum Gasteiger partial charge on any atom is 0.421 e. The van der Waals surface area contributed by atoms with Crippen molar-refractivity contribution >= 4 is 16.6 Å². The normalized spacial score (nSPS) is 11.8. The molecule has 2 heterocycles. The minimum absolute atomic E-state index is 0.0779. The van der Waals surface area contributed by atoms with E-state index in [0.29, 0.717) is 18.1 Å². The fourth-order valence-corrected chi connectivity index (χ4v) is 3.09. The number of aromatic nitrogens is 3. The lowest BCUT2D eigenvalue weighted by Gasteiger charge is -2.13. The molecule has 9 heteroatoms. The molecule has 3 rings (SSSR count). The van der Waals surface area contributed by atoms with Crippen LogP contribution in [0.5, 0.6) is 0 Å². The molecule has 0 amide bonds. The van der Waals surface area contributed by atoms with E-state index in [1.54, 1.807) is 12.3 Å². The zero-order chi connectivity index (χ0) is 21.2. The van der Waals surface area contributed by atoms with Crippen LogP contribution < -0.4 is 10.9 Å². The largest absolute Gasteiger partial charge is 0.421 e. The van der Waals surface area contributed by atoms with E-state index < -0.39 is 23.4 Å². The molecular weight excluding hydrogens is 388 g/mol. The lowest BCUT2D eigenvalue weighted by atomic mass is 10.1. The molecule has 0 atom stereocenters. The maximum absolute atomic E-state index is 14.7. The van der Waals surface area contributed by atoms with Crippen molar-refractivity contribution < 1.29 is 17.6 Å². The number of fused-ring (bicyclic) bond motifs is 1. The fourth-order valence-electron chi connectivity index (χ4n) is 3.09. The number of hydrogen-bond acceptors (Lipinski definition) is 4. The molecular formula is C20H20F4N4O. The summed E-state index contributed by atoms with van der Waals surface area (Å²) < 4.78 is 55.3. The van der Waals surface area contributed by atoms with Crippen molar-refractivity contribution in [1.29, 1.82) is 0 Å². The summed E-state index contributed by atoms with van der Waals surface area (Å²) in [7, 11) is 1.29. The van der Waals surface area contributed by atoms with Gasteiger partial charge < -0.3 is 9.88 Å². The van der Waals surface area contributed by atoms with Crippen LogP contribution in [0.3, 0.4) is 0 Å². The molecule has 0 unspecified atom stereocenters. The Kier molecular flexibility index (Phi) is 5.86. The molecule has 0 saturated carbocycles. The molecule has 0 bridgehead atoms. The number of halogens is 4. The number of pyridine rings is 1. The van der Waals surface area contributed by atoms with Gasteiger partial charge in [-0.15, -0.1) is 0 Å². The summed E-state index contributed by atoms with van der Waals surface area (Å²) in [5.41, 5.74) is -1.43. The van der Waals surface area contributed by atoms with Crippen molar-refractivity contribution in [2.24, 2.45) is 0 Å². The van der Waals surface area contributed by atoms with Crippen LogP contribution >= 0.6 is 0 Å². The number of benzene rings is 1. The molecule has 2 aromatic heterocycles. The Morgan fingerprint density at radius 2 is 1.97 bits per heavy atom. The van der Waals surface area contributed by atoms with Crippen LogP contribution in [0.2, 0.25) is 0 Å². The standard InChI is InChI=1S/C20H20F4N4O/c1-3-4-5-7-28-8-6-12-9-14(16(21)10-13(12)19(28)29)17-26-11-15(20(22,23)24)18(25-2)27-17/h6,8-11H,3-5,7H2,1-2H3,(H,25,26,27). The van der Waals surface area contributed by atoms with Crippen molar-refractivity contribution in [3.8, 4) is 11.4 Å². The predicted octanol–water partition coefficient (Wildman–Crippen LogP) is 4.85. The summed E-state index contributed by atoms with van der Waals surface area (Å²) in [5.74, 6) is -1.43. The Balaban J connectivity index is 2.06. The summed E-state index contributed by atoms with van der Waals surface area (Å²) >= 11 is 0. The molecule has 1 aromatic carbocycles. The van der Waals surface area contributed by atoms with E-state index in [4.69, 9.17) is 0 Å². The Hall–Kier alpha value is -2.97. The van der Waals surface area contributed by atoms with Crippen molar-refractivity contribution in [1.82, 2.24) is 14.5 Å². The fraction of sp³-hybridized carbons (Fsp3) is 0.350. The second kappa shape index (κ2) is 8.18. The number of unbranched alkanes of at least 4 members (excludes halogenated alkanes) is 2. The molecule has 0 aliphatic heterocycles. The minimum atomic E-state index is -4.64. The lowest BCUT2D eigenvalue weighted by Crippen LogP contribution is -2.19. The molecule has 0 saturated heterocycles. The number of nitrogens with one attached hydrogen (secondary N) is 1. The summed E-state index contributed by atoms with van der Waals surface area (Å²) in [4.78, 5) is 20.1. The first kappa shape index (κ1) is 20.8. The van der Waals surface area contributed by atoms with Gasteiger partial charge in [-0.3, -0.25) is 4.79 Å². The second-order valence-corrected chi connectivity index (χ2v) is 6.64. The van der Waals surface area contributed by atoms with Gasteiger partial charge in [0.05, 0.1) is 10.9 Å². The molecule has 0 spiro atoms. The monoisotopic (exact) mass is 408 g/mol. The van der Waals surface area contributed by atoms with Crippen LogP contribution in [0.1, 0.15) is 31.7 Å². The van der Waals surface area contributed by atoms with Crippen molar-refractivity contribution in [2.75, 3.05) is 12.4 Å². The quantitative estimate of drug-likeness (QED) is 0.468. The predicted molar refractivity (Wildman–Crippen MR) is 103 cm³/mol. The van der Waals surface area contributed by atoms with Gasteiger partial charge in [-0.2, -0.15) is 13.2 Å². The van der Waals surface area contributed by atoms with Gasteiger partial charge in [0.25, 0.3) is 5.56 Å². The van der Waals surface area contributed by atoms with Gasteiger partial charge in [0.15, 0.2) is 5.82 Å². The average Bonchev–Trinajstić information content (AvgIpc) is 2.68. The van der Waals surface area contributed by atoms with E-state index in [0.717, 1.165) is 25.3 Å². The molecule has 0 radical (unpaired) electrons. The number of nitrogens with zero attached hydrogens (tertiary/aromatic N) is 3. The van der Waals surface area contributed by atoms with Crippen LogP contribution in [0.15, 0.2) is 35.4 Å². The van der Waals surface area contributed by atoms with Crippen LogP contribution in [-0.4, -0.2) is 21.6 Å². The summed E-state index contributed by atoms with van der Waals surface area (Å²) in [6.45, 7) is 2.60. The van der Waals surface area contributed by atoms with Gasteiger partial charge in [0.2, 0.25) is 0 Å². The van der Waals surface area contributed by atoms with Gasteiger partial charge in [0.1, 0.15) is 17.2 Å². The molecule has 1 N–H and O–H groups in total. The second-order valence-electron chi connectivity index (χ2n) is 6.64. The highest BCUT2D eigenvalue weighted by Crippen LogP contribution is 2.34. The molecule has 0 aliphatic carbocycles. The van der Waals surface area contributed by atoms with Gasteiger partial charge in [-0.05, 0) is 30.0 Å². The highest BCUT2D eigenvalue weighted by Gasteiger charge is 2.35. The highest BCUT2D eigenvalue weighted by atomic mass is 19.4. The third-order valence-electron chi connectivity index (χ3n) is 4.64. The number of alkyl halides is 3. The molecule has 154 valence electrons. The lowest BCUT2D eigenvalue weighted by molar-refractivity contribution is -0.137. The van der Waals surface area contributed by atoms with Gasteiger partial charge in [-0.25, -0.2) is 14.4 Å². The number of anilines is 1. The summed E-state index contributed by atoms with van der Waals surface area (Å²) in [6, 6.07) is 4.14. The van der Waals surface area contributed by atoms with E-state index in [9.17, 15) is 22.4 Å². The zero-order valence-electron chi connectivity index (χ0n) is 16.0. The SMILES string of the molecule is CCCCCn1ccc2cc(-c3ncc(C(F)(F)F)c(NC)n3)c(F)cc2c1=O. The van der Waals surface area contributed by atoms with Crippen LogP contribution in [0, 0.1) is 5.82 Å². The molecule has 5 nitrogen and oxygen atoms in total. The first-order chi connectivity index (χ1) is 13.8. The topological polar surface area (TPSA) is 59.8 Å². The Morgan fingerprint density at radius 1 is 1.21 bits per heavy atom. The van der Waals surface area contributed by atoms with Crippen molar-refractivity contribution in [2.45, 2.75) is 38.9 Å². The van der Waals surface area contributed by atoms with E-state index in [1.807, 2.05) is 0 Å². The van der Waals surface area contributed by atoms with Crippen LogP contribution in [0.4, 0.5) is 23.4 Å². The van der Waals surface area contributed by atoms with Crippen molar-refractivity contribution in [3.05, 3.63) is 52.3 Å². The Morgan fingerprint density at radius 3 is 2.62 bits per heavy atom. The Bertz CT molecular complexity index is 1090. The molecule has 0 fully saturated rings. The highest BCUT2D eigenvalue weighted by molar-refractivity contribution is 5.86. The van der Waals surface area contributed by atoms with E-state index in [2.05, 4.69) is 22.2 Å². The molecule has 29 heavy (non-hydrogen) atoms. The first-order valence-corrected chi connectivity index (χ1v) is 9.21. The maximum atomic E-state index is 14.7. The molecule has 0 aliphatic rings. The zero-order valence-corrected chi connectivity index (χ0v) is 16.0. The molecule has 3 aromatic rings. The number of aryl methyl sites for hydroxylation is 1. The van der Waals surface area contributed by atoms with Gasteiger partial charge >= 0.3 is 6.18 Å². The average molecular weight is 408 g/mol. The van der Waals surface area contributed by atoms with Gasteiger partial charge in [-0.1, -0.05) is 19.8 Å². The van der Waals surface area contributed by atoms with E-state index >= 15 is 0 Å². The third kappa shape index (κ3) is 4.23. The van der Waals surface area contributed by atoms with E-state index in [-0.39, 0.29) is 22.3 Å². The number of hydrogen-bond donors (Lipinski definition) is 1. The summed E-state index contributed by atoms with van der Waals surface area (Å²) in [6.07, 6.45) is 0.452. The van der Waals surface area contributed by atoms with E-state index in [1.165, 1.54) is 17.7 Å². The summed E-state index contributed by atoms with van der Waals surface area (Å²) in [5, 5.41) is 3.03. The Labute approximate surface area is 164 Å². The minimum Gasteiger partial charge on any atom is -0.373 e. The third-order valence-corrected chi connectivity index (χ3v) is 4.64.